The molecule has 0 unspecified atom stereocenters. The van der Waals surface area contributed by atoms with Crippen LogP contribution in [-0.2, 0) is 0 Å². The Morgan fingerprint density at radius 3 is 2.36 bits per heavy atom. The van der Waals surface area contributed by atoms with E-state index in [2.05, 4.69) is 20.7 Å². The molecule has 14 heavy (non-hydrogen) atoms. The number of halogens is 5. The summed E-state index contributed by atoms with van der Waals surface area (Å²) in [5.74, 6) is -2.66. The number of alkyl halides is 3. The van der Waals surface area contributed by atoms with Crippen LogP contribution in [0.3, 0.4) is 0 Å². The van der Waals surface area contributed by atoms with E-state index in [4.69, 9.17) is 5.11 Å². The van der Waals surface area contributed by atoms with Crippen LogP contribution in [0.25, 0.3) is 0 Å². The Bertz CT molecular complexity index is 350. The summed E-state index contributed by atoms with van der Waals surface area (Å²) < 4.78 is 50.8. The third-order valence-electron chi connectivity index (χ3n) is 1.26. The largest absolute Gasteiger partial charge is 0.573 e. The zero-order valence-electron chi connectivity index (χ0n) is 6.40. The number of phenolic OH excluding ortho intramolecular Hbond substituents is 1. The highest BCUT2D eigenvalue weighted by molar-refractivity contribution is 9.10. The number of benzene rings is 1. The number of aromatic hydroxyl groups is 1. The van der Waals surface area contributed by atoms with Crippen LogP contribution in [0.2, 0.25) is 0 Å². The molecule has 1 aromatic rings. The van der Waals surface area contributed by atoms with Crippen molar-refractivity contribution in [3.05, 3.63) is 22.4 Å². The summed E-state index contributed by atoms with van der Waals surface area (Å²) in [5.41, 5.74) is 0. The maximum atomic E-state index is 12.6. The van der Waals surface area contributed by atoms with Crippen LogP contribution < -0.4 is 4.74 Å². The van der Waals surface area contributed by atoms with Gasteiger partial charge in [0, 0.05) is 0 Å². The van der Waals surface area contributed by atoms with Gasteiger partial charge < -0.3 is 9.84 Å². The molecule has 2 nitrogen and oxygen atoms in total. The molecule has 0 aliphatic heterocycles. The van der Waals surface area contributed by atoms with E-state index in [0.717, 1.165) is 6.07 Å². The summed E-state index contributed by atoms with van der Waals surface area (Å²) in [6.07, 6.45) is -4.88. The Balaban J connectivity index is 3.06. The van der Waals surface area contributed by atoms with Crippen molar-refractivity contribution in [3.8, 4) is 11.5 Å². The van der Waals surface area contributed by atoms with Gasteiger partial charge in [-0.15, -0.1) is 13.2 Å². The van der Waals surface area contributed by atoms with Gasteiger partial charge in [-0.3, -0.25) is 0 Å². The normalized spacial score (nSPS) is 11.5. The van der Waals surface area contributed by atoms with Crippen LogP contribution in [-0.4, -0.2) is 11.5 Å². The standard InChI is InChI=1S/C7H3BrF4O2/c8-5-4(14-7(10,11)12)2-1-3(9)6(5)13/h1-2,13H. The molecule has 0 saturated carbocycles. The highest BCUT2D eigenvalue weighted by Gasteiger charge is 2.32. The van der Waals surface area contributed by atoms with Crippen molar-refractivity contribution in [1.29, 1.82) is 0 Å². The summed E-state index contributed by atoms with van der Waals surface area (Å²) in [6, 6.07) is 1.42. The monoisotopic (exact) mass is 274 g/mol. The van der Waals surface area contributed by atoms with Crippen LogP contribution >= 0.6 is 15.9 Å². The molecule has 0 heterocycles. The molecule has 0 atom stereocenters. The quantitative estimate of drug-likeness (QED) is 0.797. The molecule has 0 aliphatic rings. The SMILES string of the molecule is Oc1c(F)ccc(OC(F)(F)F)c1Br. The molecule has 7 heteroatoms. The average molecular weight is 275 g/mol. The second-order valence-corrected chi connectivity index (χ2v) is 3.05. The fourth-order valence-corrected chi connectivity index (χ4v) is 1.13. The van der Waals surface area contributed by atoms with Gasteiger partial charge >= 0.3 is 6.36 Å². The Morgan fingerprint density at radius 1 is 1.29 bits per heavy atom. The minimum absolute atomic E-state index is 0.477. The first kappa shape index (κ1) is 11.1. The van der Waals surface area contributed by atoms with Gasteiger partial charge in [0.2, 0.25) is 0 Å². The lowest BCUT2D eigenvalue weighted by atomic mass is 10.3. The summed E-state index contributed by atoms with van der Waals surface area (Å²) in [7, 11) is 0. The smallest absolute Gasteiger partial charge is 0.504 e. The molecule has 0 aromatic heterocycles. The number of hydrogen-bond donors (Lipinski definition) is 1. The lowest BCUT2D eigenvalue weighted by Crippen LogP contribution is -2.17. The second-order valence-electron chi connectivity index (χ2n) is 2.26. The predicted octanol–water partition coefficient (Wildman–Crippen LogP) is 3.19. The van der Waals surface area contributed by atoms with E-state index in [-0.39, 0.29) is 0 Å². The van der Waals surface area contributed by atoms with Crippen molar-refractivity contribution in [1.82, 2.24) is 0 Å². The van der Waals surface area contributed by atoms with E-state index in [0.29, 0.717) is 6.07 Å². The van der Waals surface area contributed by atoms with E-state index in [1.54, 1.807) is 0 Å². The molecular weight excluding hydrogens is 272 g/mol. The lowest BCUT2D eigenvalue weighted by molar-refractivity contribution is -0.274. The molecule has 0 fully saturated rings. The van der Waals surface area contributed by atoms with Crippen molar-refractivity contribution in [3.63, 3.8) is 0 Å². The van der Waals surface area contributed by atoms with E-state index >= 15 is 0 Å². The first-order chi connectivity index (χ1) is 6.31. The van der Waals surface area contributed by atoms with Gasteiger partial charge in [-0.25, -0.2) is 4.39 Å². The van der Waals surface area contributed by atoms with Crippen molar-refractivity contribution in [2.45, 2.75) is 6.36 Å². The lowest BCUT2D eigenvalue weighted by Gasteiger charge is -2.11. The Morgan fingerprint density at radius 2 is 1.86 bits per heavy atom. The summed E-state index contributed by atoms with van der Waals surface area (Å²) in [6.45, 7) is 0. The molecule has 1 aromatic carbocycles. The van der Waals surface area contributed by atoms with Gasteiger partial charge in [0.15, 0.2) is 11.6 Å². The number of rotatable bonds is 1. The molecule has 1 rings (SSSR count). The van der Waals surface area contributed by atoms with Crippen LogP contribution in [0.5, 0.6) is 11.5 Å². The van der Waals surface area contributed by atoms with E-state index in [1.807, 2.05) is 0 Å². The number of ether oxygens (including phenoxy) is 1. The van der Waals surface area contributed by atoms with Crippen LogP contribution in [0.1, 0.15) is 0 Å². The predicted molar refractivity (Wildman–Crippen MR) is 42.4 cm³/mol. The molecular formula is C7H3BrF4O2. The Hall–Kier alpha value is -0.980. The van der Waals surface area contributed by atoms with Crippen molar-refractivity contribution in [2.24, 2.45) is 0 Å². The summed E-state index contributed by atoms with van der Waals surface area (Å²) in [5, 5.41) is 8.91. The molecule has 0 spiro atoms. The summed E-state index contributed by atoms with van der Waals surface area (Å²) >= 11 is 2.57. The second kappa shape index (κ2) is 3.64. The molecule has 0 amide bonds. The molecule has 0 bridgehead atoms. The first-order valence-electron chi connectivity index (χ1n) is 3.24. The van der Waals surface area contributed by atoms with E-state index in [1.165, 1.54) is 0 Å². The van der Waals surface area contributed by atoms with Crippen molar-refractivity contribution >= 4 is 15.9 Å². The molecule has 0 saturated heterocycles. The van der Waals surface area contributed by atoms with Gasteiger partial charge in [-0.05, 0) is 28.1 Å². The number of hydrogen-bond acceptors (Lipinski definition) is 2. The van der Waals surface area contributed by atoms with Gasteiger partial charge in [0.1, 0.15) is 10.2 Å². The zero-order valence-corrected chi connectivity index (χ0v) is 7.99. The fourth-order valence-electron chi connectivity index (χ4n) is 0.726. The maximum Gasteiger partial charge on any atom is 0.573 e. The van der Waals surface area contributed by atoms with Crippen LogP contribution in [0.15, 0.2) is 16.6 Å². The van der Waals surface area contributed by atoms with Crippen molar-refractivity contribution < 1.29 is 27.4 Å². The number of phenols is 1. The highest BCUT2D eigenvalue weighted by atomic mass is 79.9. The summed E-state index contributed by atoms with van der Waals surface area (Å²) in [4.78, 5) is 0. The topological polar surface area (TPSA) is 29.5 Å². The van der Waals surface area contributed by atoms with Gasteiger partial charge in [-0.2, -0.15) is 0 Å². The maximum absolute atomic E-state index is 12.6. The first-order valence-corrected chi connectivity index (χ1v) is 4.03. The van der Waals surface area contributed by atoms with Gasteiger partial charge in [0.05, 0.1) is 0 Å². The Kier molecular flexibility index (Phi) is 2.89. The van der Waals surface area contributed by atoms with Gasteiger partial charge in [0.25, 0.3) is 0 Å². The van der Waals surface area contributed by atoms with E-state index < -0.39 is 28.2 Å². The minimum atomic E-state index is -4.88. The zero-order chi connectivity index (χ0) is 10.9. The molecule has 0 radical (unpaired) electrons. The van der Waals surface area contributed by atoms with E-state index in [9.17, 15) is 17.6 Å². The molecule has 0 aliphatic carbocycles. The third kappa shape index (κ3) is 2.50. The molecule has 78 valence electrons. The van der Waals surface area contributed by atoms with Gasteiger partial charge in [-0.1, -0.05) is 0 Å². The van der Waals surface area contributed by atoms with Crippen LogP contribution in [0.4, 0.5) is 17.6 Å². The Labute approximate surface area is 84.2 Å². The van der Waals surface area contributed by atoms with Crippen molar-refractivity contribution in [2.75, 3.05) is 0 Å². The average Bonchev–Trinajstić information content (AvgIpc) is 2.04. The molecule has 1 N–H and O–H groups in total. The third-order valence-corrected chi connectivity index (χ3v) is 2.02. The minimum Gasteiger partial charge on any atom is -0.504 e. The fraction of sp³-hybridized carbons (Fsp3) is 0.143. The highest BCUT2D eigenvalue weighted by Crippen LogP contribution is 2.37. The van der Waals surface area contributed by atoms with Crippen LogP contribution in [0, 0.1) is 5.82 Å².